The number of hydrogen-bond donors (Lipinski definition) is 1. The number of nitrogens with two attached hydrogens (primary N) is 1. The quantitative estimate of drug-likeness (QED) is 0.795. The van der Waals surface area contributed by atoms with Gasteiger partial charge in [0.25, 0.3) is 0 Å². The molecule has 2 N–H and O–H groups in total. The summed E-state index contributed by atoms with van der Waals surface area (Å²) in [6.45, 7) is 1.77. The maximum absolute atomic E-state index is 11.5. The summed E-state index contributed by atoms with van der Waals surface area (Å²) in [7, 11) is 0. The fraction of sp³-hybridized carbons (Fsp3) is 0.250. The van der Waals surface area contributed by atoms with Crippen LogP contribution < -0.4 is 5.73 Å². The van der Waals surface area contributed by atoms with E-state index in [-0.39, 0.29) is 5.91 Å². The number of nitrogen functional groups attached to an aromatic ring is 1. The van der Waals surface area contributed by atoms with Crippen LogP contribution in [0, 0.1) is 3.70 Å². The number of anilines is 1. The Hall–Kier alpha value is -1.25. The molecule has 0 aliphatic carbocycles. The fourth-order valence-electron chi connectivity index (χ4n) is 1.26. The highest BCUT2D eigenvalue weighted by molar-refractivity contribution is 14.1. The molecular weight excluding hydrogens is 309 g/mol. The number of carbonyl (C=O) groups is 1. The second kappa shape index (κ2) is 3.72. The standard InChI is InChI=1S/C8H8IN5O/c1-2-4(15)14-8-5(6(9)13-14)7(10)11-3-12-8/h3H,2H2,1H3,(H2,10,11,12). The molecule has 0 atom stereocenters. The lowest BCUT2D eigenvalue weighted by Gasteiger charge is -1.97. The first-order valence-corrected chi connectivity index (χ1v) is 5.41. The molecule has 0 fully saturated rings. The molecule has 0 amide bonds. The Morgan fingerprint density at radius 1 is 1.60 bits per heavy atom. The van der Waals surface area contributed by atoms with Crippen molar-refractivity contribution in [3.05, 3.63) is 10.0 Å². The molecule has 0 bridgehead atoms. The van der Waals surface area contributed by atoms with Crippen LogP contribution >= 0.6 is 22.6 Å². The van der Waals surface area contributed by atoms with Gasteiger partial charge in [0.2, 0.25) is 5.91 Å². The molecule has 0 unspecified atom stereocenters. The van der Waals surface area contributed by atoms with Gasteiger partial charge in [-0.15, -0.1) is 0 Å². The highest BCUT2D eigenvalue weighted by Crippen LogP contribution is 2.22. The number of nitrogens with zero attached hydrogens (tertiary/aromatic N) is 4. The monoisotopic (exact) mass is 317 g/mol. The Morgan fingerprint density at radius 3 is 3.00 bits per heavy atom. The van der Waals surface area contributed by atoms with Crippen LogP contribution in [-0.4, -0.2) is 25.7 Å². The topological polar surface area (TPSA) is 86.7 Å². The smallest absolute Gasteiger partial charge is 0.248 e. The first kappa shape index (κ1) is 10.3. The summed E-state index contributed by atoms with van der Waals surface area (Å²) >= 11 is 2.01. The predicted octanol–water partition coefficient (Wildman–Crippen LogP) is 1.06. The summed E-state index contributed by atoms with van der Waals surface area (Å²) in [4.78, 5) is 19.4. The van der Waals surface area contributed by atoms with E-state index in [0.717, 1.165) is 0 Å². The van der Waals surface area contributed by atoms with E-state index in [1.807, 2.05) is 22.6 Å². The molecule has 15 heavy (non-hydrogen) atoms. The van der Waals surface area contributed by atoms with E-state index in [2.05, 4.69) is 15.1 Å². The number of halogens is 1. The summed E-state index contributed by atoms with van der Waals surface area (Å²) in [5.41, 5.74) is 6.16. The minimum Gasteiger partial charge on any atom is -0.383 e. The van der Waals surface area contributed by atoms with E-state index in [0.29, 0.717) is 27.0 Å². The van der Waals surface area contributed by atoms with Crippen LogP contribution in [0.4, 0.5) is 5.82 Å². The average molecular weight is 317 g/mol. The third-order valence-electron chi connectivity index (χ3n) is 1.99. The predicted molar refractivity (Wildman–Crippen MR) is 63.4 cm³/mol. The zero-order valence-corrected chi connectivity index (χ0v) is 10.1. The number of fused-ring (bicyclic) bond motifs is 1. The molecule has 0 saturated heterocycles. The molecule has 2 aromatic rings. The van der Waals surface area contributed by atoms with E-state index in [4.69, 9.17) is 5.73 Å². The molecule has 0 radical (unpaired) electrons. The average Bonchev–Trinajstić information content (AvgIpc) is 2.56. The van der Waals surface area contributed by atoms with Gasteiger partial charge in [-0.25, -0.2) is 9.97 Å². The van der Waals surface area contributed by atoms with Crippen LogP contribution in [0.3, 0.4) is 0 Å². The van der Waals surface area contributed by atoms with Crippen molar-refractivity contribution in [2.75, 3.05) is 5.73 Å². The van der Waals surface area contributed by atoms with Crippen LogP contribution in [0.15, 0.2) is 6.33 Å². The Balaban J connectivity index is 2.79. The van der Waals surface area contributed by atoms with Gasteiger partial charge in [-0.1, -0.05) is 6.92 Å². The highest BCUT2D eigenvalue weighted by Gasteiger charge is 2.16. The van der Waals surface area contributed by atoms with Gasteiger partial charge < -0.3 is 5.73 Å². The van der Waals surface area contributed by atoms with E-state index in [9.17, 15) is 4.79 Å². The largest absolute Gasteiger partial charge is 0.383 e. The van der Waals surface area contributed by atoms with E-state index in [1.165, 1.54) is 11.0 Å². The molecule has 0 saturated carbocycles. The Morgan fingerprint density at radius 2 is 2.33 bits per heavy atom. The van der Waals surface area contributed by atoms with Crippen LogP contribution in [0.5, 0.6) is 0 Å². The fourth-order valence-corrected chi connectivity index (χ4v) is 1.99. The molecule has 0 aromatic carbocycles. The number of rotatable bonds is 1. The van der Waals surface area contributed by atoms with Gasteiger partial charge in [-0.3, -0.25) is 4.79 Å². The maximum atomic E-state index is 11.5. The second-order valence-electron chi connectivity index (χ2n) is 2.91. The van der Waals surface area contributed by atoms with Crippen LogP contribution in [0.2, 0.25) is 0 Å². The van der Waals surface area contributed by atoms with Gasteiger partial charge in [-0.2, -0.15) is 9.78 Å². The lowest BCUT2D eigenvalue weighted by atomic mass is 10.4. The number of carbonyl (C=O) groups excluding carboxylic acids is 1. The van der Waals surface area contributed by atoms with Crippen molar-refractivity contribution in [2.45, 2.75) is 13.3 Å². The van der Waals surface area contributed by atoms with Crippen molar-refractivity contribution >= 4 is 45.3 Å². The third kappa shape index (κ3) is 1.56. The van der Waals surface area contributed by atoms with Gasteiger partial charge >= 0.3 is 0 Å². The molecule has 0 aliphatic heterocycles. The van der Waals surface area contributed by atoms with Crippen molar-refractivity contribution in [3.63, 3.8) is 0 Å². The minimum atomic E-state index is -0.110. The minimum absolute atomic E-state index is 0.110. The molecule has 6 nitrogen and oxygen atoms in total. The summed E-state index contributed by atoms with van der Waals surface area (Å²) < 4.78 is 1.91. The Labute approximate surface area is 99.0 Å². The van der Waals surface area contributed by atoms with Crippen molar-refractivity contribution in [1.82, 2.24) is 19.7 Å². The molecule has 7 heteroatoms. The third-order valence-corrected chi connectivity index (χ3v) is 2.75. The maximum Gasteiger partial charge on any atom is 0.248 e. The molecule has 0 aliphatic rings. The Kier molecular flexibility index (Phi) is 2.55. The van der Waals surface area contributed by atoms with Gasteiger partial charge in [-0.05, 0) is 22.6 Å². The number of aromatic nitrogens is 4. The lowest BCUT2D eigenvalue weighted by molar-refractivity contribution is 0.0897. The molecule has 78 valence electrons. The lowest BCUT2D eigenvalue weighted by Crippen LogP contribution is -2.11. The normalized spacial score (nSPS) is 10.8. The van der Waals surface area contributed by atoms with Crippen molar-refractivity contribution in [3.8, 4) is 0 Å². The molecule has 2 rings (SSSR count). The van der Waals surface area contributed by atoms with Gasteiger partial charge in [0.1, 0.15) is 15.8 Å². The zero-order valence-electron chi connectivity index (χ0n) is 7.94. The van der Waals surface area contributed by atoms with Crippen LogP contribution in [0.25, 0.3) is 11.0 Å². The van der Waals surface area contributed by atoms with Crippen molar-refractivity contribution < 1.29 is 4.79 Å². The van der Waals surface area contributed by atoms with E-state index in [1.54, 1.807) is 6.92 Å². The van der Waals surface area contributed by atoms with E-state index < -0.39 is 0 Å². The summed E-state index contributed by atoms with van der Waals surface area (Å²) in [6, 6.07) is 0. The van der Waals surface area contributed by atoms with Crippen LogP contribution in [0.1, 0.15) is 18.1 Å². The second-order valence-corrected chi connectivity index (χ2v) is 3.93. The van der Waals surface area contributed by atoms with Gasteiger partial charge in [0, 0.05) is 6.42 Å². The number of hydrogen-bond acceptors (Lipinski definition) is 5. The molecule has 2 heterocycles. The Bertz CT molecular complexity index is 535. The van der Waals surface area contributed by atoms with Crippen molar-refractivity contribution in [1.29, 1.82) is 0 Å². The first-order valence-electron chi connectivity index (χ1n) is 4.33. The molecular formula is C8H8IN5O. The molecule has 0 spiro atoms. The zero-order chi connectivity index (χ0) is 11.0. The van der Waals surface area contributed by atoms with E-state index >= 15 is 0 Å². The summed E-state index contributed by atoms with van der Waals surface area (Å²) in [5.74, 6) is 0.237. The van der Waals surface area contributed by atoms with Crippen molar-refractivity contribution in [2.24, 2.45) is 0 Å². The first-order chi connectivity index (χ1) is 7.15. The van der Waals surface area contributed by atoms with Gasteiger partial charge in [0.15, 0.2) is 5.65 Å². The summed E-state index contributed by atoms with van der Waals surface area (Å²) in [5, 5.41) is 4.73. The SMILES string of the molecule is CCC(=O)n1nc(I)c2c(N)ncnc21. The van der Waals surface area contributed by atoms with Gasteiger partial charge in [0.05, 0.1) is 5.39 Å². The van der Waals surface area contributed by atoms with Crippen LogP contribution in [-0.2, 0) is 0 Å². The summed E-state index contributed by atoms with van der Waals surface area (Å²) in [6.07, 6.45) is 1.70. The molecule has 2 aromatic heterocycles. The highest BCUT2D eigenvalue weighted by atomic mass is 127.